The standard InChI is InChI=1S/C26H20F7NO3S/c1-12-14(10-15-16(26(31,32)33)7-5-9-18(15)27)23-34(19(11-38-23)24(36)37-3)22(35)20(12)13-6-4-8-17(21(13)28)25(2,29)30/h4-9,19H,10-11H2,1-3H3. The fourth-order valence-electron chi connectivity index (χ4n) is 4.58. The molecule has 0 saturated carbocycles. The van der Waals surface area contributed by atoms with Gasteiger partial charge in [0.05, 0.1) is 28.8 Å². The van der Waals surface area contributed by atoms with Crippen LogP contribution in [0.25, 0.3) is 11.1 Å². The Morgan fingerprint density at radius 3 is 2.29 bits per heavy atom. The molecule has 0 radical (unpaired) electrons. The molecule has 2 aromatic carbocycles. The lowest BCUT2D eigenvalue weighted by Crippen LogP contribution is -2.32. The molecule has 0 aliphatic carbocycles. The molecule has 1 aliphatic rings. The molecule has 38 heavy (non-hydrogen) atoms. The van der Waals surface area contributed by atoms with Crippen molar-refractivity contribution in [2.75, 3.05) is 12.9 Å². The van der Waals surface area contributed by atoms with E-state index in [1.807, 2.05) is 0 Å². The van der Waals surface area contributed by atoms with Crippen LogP contribution in [0.2, 0.25) is 0 Å². The summed E-state index contributed by atoms with van der Waals surface area (Å²) in [7, 11) is 1.08. The Labute approximate surface area is 216 Å². The third kappa shape index (κ3) is 4.70. The maximum absolute atomic E-state index is 15.4. The third-order valence-electron chi connectivity index (χ3n) is 6.42. The number of carbonyl (C=O) groups is 1. The number of pyridine rings is 1. The van der Waals surface area contributed by atoms with Crippen LogP contribution in [0.3, 0.4) is 0 Å². The van der Waals surface area contributed by atoms with Gasteiger partial charge in [-0.15, -0.1) is 11.8 Å². The summed E-state index contributed by atoms with van der Waals surface area (Å²) in [5.74, 6) is -7.03. The Hall–Kier alpha value is -3.28. The van der Waals surface area contributed by atoms with E-state index in [2.05, 4.69) is 0 Å². The number of hydrogen-bond donors (Lipinski definition) is 0. The second-order valence-electron chi connectivity index (χ2n) is 8.80. The third-order valence-corrected chi connectivity index (χ3v) is 7.62. The number of ether oxygens (including phenoxy) is 1. The molecule has 202 valence electrons. The van der Waals surface area contributed by atoms with Crippen molar-refractivity contribution < 1.29 is 40.3 Å². The fraction of sp³-hybridized carbons (Fsp3) is 0.308. The summed E-state index contributed by atoms with van der Waals surface area (Å²) >= 11 is 0.973. The van der Waals surface area contributed by atoms with Crippen LogP contribution in [0, 0.1) is 18.6 Å². The van der Waals surface area contributed by atoms with E-state index in [-0.39, 0.29) is 21.9 Å². The van der Waals surface area contributed by atoms with E-state index in [1.54, 1.807) is 0 Å². The van der Waals surface area contributed by atoms with Crippen molar-refractivity contribution in [3.8, 4) is 11.1 Å². The molecule has 0 amide bonds. The van der Waals surface area contributed by atoms with E-state index < -0.39 is 75.5 Å². The van der Waals surface area contributed by atoms with Crippen LogP contribution in [-0.4, -0.2) is 23.4 Å². The molecule has 0 saturated heterocycles. The first-order valence-corrected chi connectivity index (χ1v) is 12.2. The highest BCUT2D eigenvalue weighted by molar-refractivity contribution is 7.99. The number of hydrogen-bond acceptors (Lipinski definition) is 4. The Bertz CT molecular complexity index is 1490. The maximum atomic E-state index is 15.4. The zero-order chi connectivity index (χ0) is 28.2. The number of methoxy groups -OCH3 is 1. The molecule has 0 bridgehead atoms. The summed E-state index contributed by atoms with van der Waals surface area (Å²) in [6.45, 7) is 1.80. The SMILES string of the molecule is COC(=O)C1CSc2c(Cc3c(F)cccc3C(F)(F)F)c(C)c(-c3cccc(C(C)(F)F)c3F)c(=O)n21. The summed E-state index contributed by atoms with van der Waals surface area (Å²) < 4.78 is 105. The van der Waals surface area contributed by atoms with Crippen molar-refractivity contribution in [2.24, 2.45) is 0 Å². The average molecular weight is 560 g/mol. The number of esters is 1. The van der Waals surface area contributed by atoms with Gasteiger partial charge in [-0.25, -0.2) is 22.4 Å². The van der Waals surface area contributed by atoms with Crippen molar-refractivity contribution in [3.63, 3.8) is 0 Å². The molecule has 1 unspecified atom stereocenters. The van der Waals surface area contributed by atoms with Crippen molar-refractivity contribution >= 4 is 17.7 Å². The van der Waals surface area contributed by atoms with E-state index in [4.69, 9.17) is 4.74 Å². The van der Waals surface area contributed by atoms with Crippen molar-refractivity contribution in [2.45, 2.75) is 43.4 Å². The first kappa shape index (κ1) is 27.7. The topological polar surface area (TPSA) is 48.3 Å². The molecule has 1 atom stereocenters. The predicted molar refractivity (Wildman–Crippen MR) is 126 cm³/mol. The minimum atomic E-state index is -4.90. The van der Waals surface area contributed by atoms with Crippen LogP contribution >= 0.6 is 11.8 Å². The molecule has 2 heterocycles. The van der Waals surface area contributed by atoms with Crippen LogP contribution in [0.5, 0.6) is 0 Å². The summed E-state index contributed by atoms with van der Waals surface area (Å²) in [6, 6.07) is 4.31. The lowest BCUT2D eigenvalue weighted by atomic mass is 9.91. The van der Waals surface area contributed by atoms with Gasteiger partial charge in [-0.3, -0.25) is 9.36 Å². The van der Waals surface area contributed by atoms with E-state index in [0.29, 0.717) is 13.0 Å². The Balaban J connectivity index is 2.07. The van der Waals surface area contributed by atoms with Crippen LogP contribution in [-0.2, 0) is 28.1 Å². The van der Waals surface area contributed by atoms with Crippen LogP contribution in [0.4, 0.5) is 30.7 Å². The Kier molecular flexibility index (Phi) is 7.15. The van der Waals surface area contributed by atoms with E-state index in [9.17, 15) is 35.9 Å². The lowest BCUT2D eigenvalue weighted by Gasteiger charge is -2.22. The number of benzene rings is 2. The number of halogens is 7. The smallest absolute Gasteiger partial charge is 0.416 e. The molecule has 0 fully saturated rings. The fourth-order valence-corrected chi connectivity index (χ4v) is 5.93. The number of alkyl halides is 5. The zero-order valence-corrected chi connectivity index (χ0v) is 21.0. The highest BCUT2D eigenvalue weighted by Gasteiger charge is 2.39. The normalized spacial score (nSPS) is 15.5. The summed E-state index contributed by atoms with van der Waals surface area (Å²) in [5.41, 5.74) is -4.80. The van der Waals surface area contributed by atoms with Crippen LogP contribution in [0.15, 0.2) is 46.2 Å². The monoisotopic (exact) mass is 559 g/mol. The van der Waals surface area contributed by atoms with Crippen molar-refractivity contribution in [3.05, 3.63) is 86.2 Å². The number of rotatable bonds is 5. The molecule has 12 heteroatoms. The number of carbonyl (C=O) groups excluding carboxylic acids is 1. The zero-order valence-electron chi connectivity index (χ0n) is 20.2. The summed E-state index contributed by atoms with van der Waals surface area (Å²) in [4.78, 5) is 26.1. The van der Waals surface area contributed by atoms with Gasteiger partial charge in [-0.2, -0.15) is 13.2 Å². The maximum Gasteiger partial charge on any atom is 0.416 e. The summed E-state index contributed by atoms with van der Waals surface area (Å²) in [6.07, 6.45) is -5.57. The molecule has 1 aliphatic heterocycles. The van der Waals surface area contributed by atoms with E-state index in [1.165, 1.54) is 6.92 Å². The largest absolute Gasteiger partial charge is 0.467 e. The van der Waals surface area contributed by atoms with Crippen molar-refractivity contribution in [1.82, 2.24) is 4.57 Å². The van der Waals surface area contributed by atoms with Gasteiger partial charge in [0.15, 0.2) is 0 Å². The summed E-state index contributed by atoms with van der Waals surface area (Å²) in [5, 5.41) is 0.0837. The number of nitrogens with zero attached hydrogens (tertiary/aromatic N) is 1. The van der Waals surface area contributed by atoms with Gasteiger partial charge in [-0.1, -0.05) is 24.3 Å². The molecule has 3 aromatic rings. The quantitative estimate of drug-likeness (QED) is 0.260. The Morgan fingerprint density at radius 1 is 1.05 bits per heavy atom. The molecular formula is C26H20F7NO3S. The number of fused-ring (bicyclic) bond motifs is 1. The van der Waals surface area contributed by atoms with Gasteiger partial charge in [0.25, 0.3) is 11.5 Å². The van der Waals surface area contributed by atoms with Gasteiger partial charge < -0.3 is 4.74 Å². The van der Waals surface area contributed by atoms with E-state index >= 15 is 4.39 Å². The van der Waals surface area contributed by atoms with Gasteiger partial charge in [-0.05, 0) is 30.2 Å². The van der Waals surface area contributed by atoms with E-state index in [0.717, 1.165) is 53.8 Å². The minimum Gasteiger partial charge on any atom is -0.467 e. The van der Waals surface area contributed by atoms with Crippen LogP contribution < -0.4 is 5.56 Å². The average Bonchev–Trinajstić information content (AvgIpc) is 3.27. The molecule has 0 N–H and O–H groups in total. The first-order valence-electron chi connectivity index (χ1n) is 11.2. The van der Waals surface area contributed by atoms with Gasteiger partial charge in [0.2, 0.25) is 0 Å². The second kappa shape index (κ2) is 9.79. The molecular weight excluding hydrogens is 539 g/mol. The van der Waals surface area contributed by atoms with Gasteiger partial charge >= 0.3 is 12.1 Å². The molecule has 4 nitrogen and oxygen atoms in total. The number of thioether (sulfide) groups is 1. The first-order chi connectivity index (χ1) is 17.7. The van der Waals surface area contributed by atoms with Crippen molar-refractivity contribution in [1.29, 1.82) is 0 Å². The highest BCUT2D eigenvalue weighted by Crippen LogP contribution is 2.43. The Morgan fingerprint density at radius 2 is 1.68 bits per heavy atom. The number of aromatic nitrogens is 1. The van der Waals surface area contributed by atoms with Gasteiger partial charge in [0, 0.05) is 30.2 Å². The lowest BCUT2D eigenvalue weighted by molar-refractivity contribution is -0.144. The molecule has 0 spiro atoms. The molecule has 1 aromatic heterocycles. The molecule has 4 rings (SSSR count). The predicted octanol–water partition coefficient (Wildman–Crippen LogP) is 6.64. The van der Waals surface area contributed by atoms with Crippen LogP contribution in [0.1, 0.15) is 40.8 Å². The minimum absolute atomic E-state index is 0.0221. The highest BCUT2D eigenvalue weighted by atomic mass is 32.2. The van der Waals surface area contributed by atoms with Gasteiger partial charge in [0.1, 0.15) is 17.7 Å². The second-order valence-corrected chi connectivity index (χ2v) is 9.81.